The zero-order valence-electron chi connectivity index (χ0n) is 11.3. The Hall–Kier alpha value is -0.280. The van der Waals surface area contributed by atoms with Gasteiger partial charge in [-0.2, -0.15) is 0 Å². The molecule has 2 atom stereocenters. The van der Waals surface area contributed by atoms with Crippen LogP contribution < -0.4 is 0 Å². The van der Waals surface area contributed by atoms with Crippen molar-refractivity contribution in [3.05, 3.63) is 33.8 Å². The van der Waals surface area contributed by atoms with Crippen LogP contribution >= 0.6 is 23.2 Å². The number of nitrogens with zero attached hydrogens (tertiary/aromatic N) is 2. The average molecular weight is 299 g/mol. The fourth-order valence-corrected chi connectivity index (χ4v) is 3.80. The van der Waals surface area contributed by atoms with Crippen LogP contribution in [0.2, 0.25) is 10.0 Å². The minimum atomic E-state index is 0.630. The molecule has 1 aromatic carbocycles. The van der Waals surface area contributed by atoms with Crippen LogP contribution in [-0.2, 0) is 6.54 Å². The summed E-state index contributed by atoms with van der Waals surface area (Å²) in [5.74, 6) is 0. The Balaban J connectivity index is 1.70. The van der Waals surface area contributed by atoms with Crippen LogP contribution in [0.1, 0.15) is 25.3 Å². The SMILES string of the molecule is C[C@H]1[C@H]2CCCN2CCN1Cc1ccc(Cl)c(Cl)c1. The highest BCUT2D eigenvalue weighted by Crippen LogP contribution is 2.29. The van der Waals surface area contributed by atoms with Gasteiger partial charge in [-0.3, -0.25) is 9.80 Å². The van der Waals surface area contributed by atoms with Crippen molar-refractivity contribution in [1.82, 2.24) is 9.80 Å². The van der Waals surface area contributed by atoms with Gasteiger partial charge in [0.1, 0.15) is 0 Å². The third kappa shape index (κ3) is 2.78. The van der Waals surface area contributed by atoms with Gasteiger partial charge >= 0.3 is 0 Å². The number of halogens is 2. The molecule has 0 spiro atoms. The van der Waals surface area contributed by atoms with Crippen molar-refractivity contribution in [3.63, 3.8) is 0 Å². The van der Waals surface area contributed by atoms with Gasteiger partial charge in [0.2, 0.25) is 0 Å². The zero-order chi connectivity index (χ0) is 13.4. The Morgan fingerprint density at radius 1 is 1.16 bits per heavy atom. The first-order valence-electron chi connectivity index (χ1n) is 7.07. The third-order valence-corrected chi connectivity index (χ3v) is 5.33. The highest BCUT2D eigenvalue weighted by molar-refractivity contribution is 6.42. The van der Waals surface area contributed by atoms with Crippen molar-refractivity contribution in [2.75, 3.05) is 19.6 Å². The molecule has 2 fully saturated rings. The minimum absolute atomic E-state index is 0.630. The predicted octanol–water partition coefficient (Wildman–Crippen LogP) is 3.66. The van der Waals surface area contributed by atoms with E-state index in [0.29, 0.717) is 16.1 Å². The van der Waals surface area contributed by atoms with E-state index in [1.165, 1.54) is 31.5 Å². The second-order valence-electron chi connectivity index (χ2n) is 5.71. The Bertz CT molecular complexity index is 463. The Kier molecular flexibility index (Phi) is 4.04. The molecule has 2 heterocycles. The summed E-state index contributed by atoms with van der Waals surface area (Å²) >= 11 is 12.1. The first-order valence-corrected chi connectivity index (χ1v) is 7.83. The number of hydrogen-bond donors (Lipinski definition) is 0. The molecule has 2 nitrogen and oxygen atoms in total. The summed E-state index contributed by atoms with van der Waals surface area (Å²) in [6.07, 6.45) is 2.70. The topological polar surface area (TPSA) is 6.48 Å². The summed E-state index contributed by atoms with van der Waals surface area (Å²) in [5, 5.41) is 1.30. The van der Waals surface area contributed by atoms with Crippen molar-refractivity contribution in [1.29, 1.82) is 0 Å². The maximum atomic E-state index is 6.10. The van der Waals surface area contributed by atoms with Gasteiger partial charge < -0.3 is 0 Å². The fraction of sp³-hybridized carbons (Fsp3) is 0.600. The molecule has 19 heavy (non-hydrogen) atoms. The molecule has 104 valence electrons. The van der Waals surface area contributed by atoms with Crippen molar-refractivity contribution >= 4 is 23.2 Å². The van der Waals surface area contributed by atoms with Crippen molar-refractivity contribution in [2.45, 2.75) is 38.4 Å². The van der Waals surface area contributed by atoms with E-state index in [0.717, 1.165) is 19.1 Å². The molecule has 0 aliphatic carbocycles. The van der Waals surface area contributed by atoms with Crippen molar-refractivity contribution in [2.24, 2.45) is 0 Å². The van der Waals surface area contributed by atoms with E-state index in [4.69, 9.17) is 23.2 Å². The van der Waals surface area contributed by atoms with Crippen LogP contribution in [0.5, 0.6) is 0 Å². The highest BCUT2D eigenvalue weighted by atomic mass is 35.5. The van der Waals surface area contributed by atoms with Crippen LogP contribution in [0.15, 0.2) is 18.2 Å². The van der Waals surface area contributed by atoms with Gasteiger partial charge in [-0.1, -0.05) is 29.3 Å². The van der Waals surface area contributed by atoms with Gasteiger partial charge in [0.15, 0.2) is 0 Å². The summed E-state index contributed by atoms with van der Waals surface area (Å²) in [4.78, 5) is 5.22. The Labute approximate surface area is 125 Å². The predicted molar refractivity (Wildman–Crippen MR) is 80.9 cm³/mol. The van der Waals surface area contributed by atoms with E-state index >= 15 is 0 Å². The van der Waals surface area contributed by atoms with Crippen LogP contribution in [0.4, 0.5) is 0 Å². The zero-order valence-corrected chi connectivity index (χ0v) is 12.8. The molecule has 3 rings (SSSR count). The van der Waals surface area contributed by atoms with Crippen LogP contribution in [-0.4, -0.2) is 41.5 Å². The normalized spacial score (nSPS) is 28.6. The monoisotopic (exact) mass is 298 g/mol. The van der Waals surface area contributed by atoms with Crippen LogP contribution in [0.3, 0.4) is 0 Å². The minimum Gasteiger partial charge on any atom is -0.298 e. The fourth-order valence-electron chi connectivity index (χ4n) is 3.48. The van der Waals surface area contributed by atoms with Gasteiger partial charge in [-0.15, -0.1) is 0 Å². The summed E-state index contributed by atoms with van der Waals surface area (Å²) in [7, 11) is 0. The number of fused-ring (bicyclic) bond motifs is 1. The lowest BCUT2D eigenvalue weighted by Gasteiger charge is -2.43. The summed E-state index contributed by atoms with van der Waals surface area (Å²) in [6, 6.07) is 7.36. The van der Waals surface area contributed by atoms with Gasteiger partial charge in [-0.25, -0.2) is 0 Å². The van der Waals surface area contributed by atoms with E-state index in [1.807, 2.05) is 12.1 Å². The third-order valence-electron chi connectivity index (χ3n) is 4.59. The molecule has 4 heteroatoms. The van der Waals surface area contributed by atoms with E-state index < -0.39 is 0 Å². The van der Waals surface area contributed by atoms with E-state index in [2.05, 4.69) is 22.8 Å². The van der Waals surface area contributed by atoms with Crippen LogP contribution in [0.25, 0.3) is 0 Å². The van der Waals surface area contributed by atoms with Gasteiger partial charge in [0.05, 0.1) is 10.0 Å². The van der Waals surface area contributed by atoms with Crippen molar-refractivity contribution in [3.8, 4) is 0 Å². The lowest BCUT2D eigenvalue weighted by Crippen LogP contribution is -2.55. The molecule has 2 saturated heterocycles. The molecule has 2 aliphatic heterocycles. The van der Waals surface area contributed by atoms with Gasteiger partial charge in [-0.05, 0) is 44.0 Å². The number of rotatable bonds is 2. The van der Waals surface area contributed by atoms with Crippen LogP contribution in [0, 0.1) is 0 Å². The lowest BCUT2D eigenvalue weighted by molar-refractivity contribution is 0.0470. The average Bonchev–Trinajstić information content (AvgIpc) is 2.86. The van der Waals surface area contributed by atoms with E-state index in [-0.39, 0.29) is 0 Å². The highest BCUT2D eigenvalue weighted by Gasteiger charge is 2.36. The molecule has 0 radical (unpaired) electrons. The van der Waals surface area contributed by atoms with E-state index in [9.17, 15) is 0 Å². The summed E-state index contributed by atoms with van der Waals surface area (Å²) in [6.45, 7) is 6.98. The first kappa shape index (κ1) is 13.7. The molecule has 0 saturated carbocycles. The maximum Gasteiger partial charge on any atom is 0.0595 e. The smallest absolute Gasteiger partial charge is 0.0595 e. The lowest BCUT2D eigenvalue weighted by atomic mass is 10.0. The number of hydrogen-bond acceptors (Lipinski definition) is 2. The largest absolute Gasteiger partial charge is 0.298 e. The number of benzene rings is 1. The molecule has 0 N–H and O–H groups in total. The molecule has 0 amide bonds. The molecule has 2 aliphatic rings. The van der Waals surface area contributed by atoms with Crippen molar-refractivity contribution < 1.29 is 0 Å². The Morgan fingerprint density at radius 2 is 2.00 bits per heavy atom. The van der Waals surface area contributed by atoms with Gasteiger partial charge in [0.25, 0.3) is 0 Å². The molecule has 0 bridgehead atoms. The second-order valence-corrected chi connectivity index (χ2v) is 6.52. The molecular formula is C15H20Cl2N2. The molecule has 1 aromatic rings. The molecule has 0 unspecified atom stereocenters. The standard InChI is InChI=1S/C15H20Cl2N2/c1-11-15-3-2-6-18(15)7-8-19(11)10-12-4-5-13(16)14(17)9-12/h4-5,9,11,15H,2-3,6-8,10H2,1H3/t11-,15+/m0/s1. The first-order chi connectivity index (χ1) is 9.15. The summed E-state index contributed by atoms with van der Waals surface area (Å²) in [5.41, 5.74) is 1.26. The van der Waals surface area contributed by atoms with E-state index in [1.54, 1.807) is 0 Å². The Morgan fingerprint density at radius 3 is 2.79 bits per heavy atom. The number of piperazine rings is 1. The second kappa shape index (κ2) is 5.61. The van der Waals surface area contributed by atoms with Gasteiger partial charge in [0, 0.05) is 31.7 Å². The quantitative estimate of drug-likeness (QED) is 0.822. The maximum absolute atomic E-state index is 6.10. The molecular weight excluding hydrogens is 279 g/mol. The summed E-state index contributed by atoms with van der Waals surface area (Å²) < 4.78 is 0. The molecule has 0 aromatic heterocycles.